The number of aliphatic imine (C=N–C) groups is 1. The molecule has 10 rings (SSSR count). The average Bonchev–Trinajstić information content (AvgIpc) is 3.80. The fourth-order valence-electron chi connectivity index (χ4n) is 9.68. The van der Waals surface area contributed by atoms with Gasteiger partial charge in [-0.15, -0.1) is 0 Å². The molecule has 2 heterocycles. The lowest BCUT2D eigenvalue weighted by Gasteiger charge is -2.34. The van der Waals surface area contributed by atoms with Gasteiger partial charge in [-0.25, -0.2) is 4.98 Å². The van der Waals surface area contributed by atoms with Crippen LogP contribution in [0.1, 0.15) is 88.2 Å². The van der Waals surface area contributed by atoms with E-state index in [2.05, 4.69) is 205 Å². The highest BCUT2D eigenvalue weighted by Gasteiger charge is 2.54. The molecule has 2 atom stereocenters. The van der Waals surface area contributed by atoms with Crippen molar-refractivity contribution < 1.29 is 9.84 Å². The average molecular weight is 824 g/mol. The van der Waals surface area contributed by atoms with Crippen LogP contribution in [-0.2, 0) is 10.8 Å². The summed E-state index contributed by atoms with van der Waals surface area (Å²) in [6.45, 7) is 15.6. The predicted octanol–water partition coefficient (Wildman–Crippen LogP) is 14.8. The molecule has 0 radical (unpaired) electrons. The number of phenolic OH excluding ortho intramolecular Hbond substituents is 1. The lowest BCUT2D eigenvalue weighted by Crippen LogP contribution is -2.35. The van der Waals surface area contributed by atoms with Crippen LogP contribution in [-0.4, -0.2) is 22.0 Å². The summed E-state index contributed by atoms with van der Waals surface area (Å²) in [4.78, 5) is 13.3. The van der Waals surface area contributed by atoms with Crippen LogP contribution in [0.5, 0.6) is 17.4 Å². The molecule has 2 aliphatic rings. The van der Waals surface area contributed by atoms with Crippen molar-refractivity contribution in [1.82, 2.24) is 4.98 Å². The second kappa shape index (κ2) is 15.4. The number of nitrogens with zero attached hydrogens (tertiary/aromatic N) is 3. The molecule has 312 valence electrons. The van der Waals surface area contributed by atoms with E-state index in [9.17, 15) is 5.11 Å². The van der Waals surface area contributed by atoms with Gasteiger partial charge in [-0.2, -0.15) is 0 Å². The molecule has 0 fully saturated rings. The SMILES string of the molecule is CC(C)c1cc(Oc2ccc3cc(C(C)(C)C)cc(O)c3n2)cc(C2=N[C@@H]3[C@@H](c4ccccc4C3(C)C)N2c2c(-c3ccccc3)cc(-c3ccccc3)cc2-c2ccccc2)c1. The molecule has 8 aromatic rings. The molecule has 0 unspecified atom stereocenters. The monoisotopic (exact) mass is 823 g/mol. The molecular weight excluding hydrogens is 771 g/mol. The molecule has 5 heteroatoms. The second-order valence-electron chi connectivity index (χ2n) is 19.1. The molecule has 63 heavy (non-hydrogen) atoms. The van der Waals surface area contributed by atoms with Crippen molar-refractivity contribution in [3.05, 3.63) is 198 Å². The first-order valence-electron chi connectivity index (χ1n) is 22.1. The Kier molecular flexibility index (Phi) is 9.82. The van der Waals surface area contributed by atoms with Gasteiger partial charge in [-0.3, -0.25) is 4.99 Å². The number of rotatable bonds is 8. The van der Waals surface area contributed by atoms with Crippen LogP contribution >= 0.6 is 0 Å². The highest BCUT2D eigenvalue weighted by molar-refractivity contribution is 6.17. The molecule has 0 saturated carbocycles. The Bertz CT molecular complexity index is 2980. The molecule has 0 saturated heterocycles. The first-order chi connectivity index (χ1) is 30.3. The summed E-state index contributed by atoms with van der Waals surface area (Å²) in [5, 5.41) is 12.1. The fourth-order valence-corrected chi connectivity index (χ4v) is 9.68. The maximum atomic E-state index is 11.2. The largest absolute Gasteiger partial charge is 0.506 e. The Labute approximate surface area is 371 Å². The number of phenols is 1. The van der Waals surface area contributed by atoms with E-state index in [1.807, 2.05) is 18.2 Å². The molecule has 5 nitrogen and oxygen atoms in total. The van der Waals surface area contributed by atoms with Crippen molar-refractivity contribution in [3.63, 3.8) is 0 Å². The number of anilines is 1. The van der Waals surface area contributed by atoms with E-state index in [1.165, 1.54) is 11.1 Å². The van der Waals surface area contributed by atoms with Crippen molar-refractivity contribution in [2.75, 3.05) is 4.90 Å². The minimum Gasteiger partial charge on any atom is -0.506 e. The molecule has 0 amide bonds. The van der Waals surface area contributed by atoms with Gasteiger partial charge in [0.2, 0.25) is 5.88 Å². The van der Waals surface area contributed by atoms with Crippen LogP contribution in [0.3, 0.4) is 0 Å². The number of pyridine rings is 1. The summed E-state index contributed by atoms with van der Waals surface area (Å²) in [7, 11) is 0. The summed E-state index contributed by atoms with van der Waals surface area (Å²) < 4.78 is 6.72. The van der Waals surface area contributed by atoms with Crippen LogP contribution in [0.2, 0.25) is 0 Å². The third-order valence-electron chi connectivity index (χ3n) is 13.1. The zero-order chi connectivity index (χ0) is 43.6. The van der Waals surface area contributed by atoms with Crippen LogP contribution in [0.15, 0.2) is 175 Å². The zero-order valence-electron chi connectivity index (χ0n) is 37.1. The van der Waals surface area contributed by atoms with Gasteiger partial charge in [-0.05, 0) is 104 Å². The van der Waals surface area contributed by atoms with Crippen molar-refractivity contribution in [3.8, 4) is 50.8 Å². The minimum atomic E-state index is -0.246. The Morgan fingerprint density at radius 3 is 1.86 bits per heavy atom. The third kappa shape index (κ3) is 7.16. The third-order valence-corrected chi connectivity index (χ3v) is 13.1. The van der Waals surface area contributed by atoms with Gasteiger partial charge in [0.05, 0.1) is 17.8 Å². The first-order valence-corrected chi connectivity index (χ1v) is 22.1. The van der Waals surface area contributed by atoms with Crippen LogP contribution in [0, 0.1) is 0 Å². The molecule has 1 aromatic heterocycles. The number of hydrogen-bond acceptors (Lipinski definition) is 5. The summed E-state index contributed by atoms with van der Waals surface area (Å²) in [5.74, 6) is 2.33. The number of fused-ring (bicyclic) bond motifs is 4. The van der Waals surface area contributed by atoms with E-state index in [0.29, 0.717) is 17.1 Å². The highest BCUT2D eigenvalue weighted by atomic mass is 16.5. The standard InChI is InChI=1S/C58H53N3O2/c1-36(2)41-29-43(32-45(31-41)63-51-28-27-40-30-44(57(3,4)5)35-50(62)52(40)59-51)56-60-55-54(46-25-17-18-26-49(46)58(55,6)7)61(56)53-47(38-21-13-9-14-22-38)33-42(37-19-11-8-12-20-37)34-48(53)39-23-15-10-16-24-39/h8-36,54-55,62H,1-7H3/t54-,55-/m1/s1. The topological polar surface area (TPSA) is 58.0 Å². The Hall–Kier alpha value is -6.98. The van der Waals surface area contributed by atoms with Crippen LogP contribution < -0.4 is 9.64 Å². The van der Waals surface area contributed by atoms with Crippen LogP contribution in [0.4, 0.5) is 5.69 Å². The number of benzene rings is 7. The zero-order valence-corrected chi connectivity index (χ0v) is 37.1. The van der Waals surface area contributed by atoms with Gasteiger partial charge >= 0.3 is 0 Å². The molecule has 7 aromatic carbocycles. The summed E-state index contributed by atoms with van der Waals surface area (Å²) in [6.07, 6.45) is 0. The first kappa shape index (κ1) is 40.1. The summed E-state index contributed by atoms with van der Waals surface area (Å²) in [5.41, 5.74) is 13.9. The Morgan fingerprint density at radius 1 is 0.635 bits per heavy atom. The quantitative estimate of drug-likeness (QED) is 0.166. The van der Waals surface area contributed by atoms with E-state index in [0.717, 1.165) is 67.0 Å². The highest BCUT2D eigenvalue weighted by Crippen LogP contribution is 2.57. The van der Waals surface area contributed by atoms with E-state index >= 15 is 0 Å². The summed E-state index contributed by atoms with van der Waals surface area (Å²) >= 11 is 0. The van der Waals surface area contributed by atoms with Gasteiger partial charge in [0.1, 0.15) is 22.9 Å². The molecule has 1 N–H and O–H groups in total. The van der Waals surface area contributed by atoms with Crippen molar-refractivity contribution in [1.29, 1.82) is 0 Å². The van der Waals surface area contributed by atoms with Crippen LogP contribution in [0.25, 0.3) is 44.3 Å². The van der Waals surface area contributed by atoms with E-state index in [4.69, 9.17) is 14.7 Å². The van der Waals surface area contributed by atoms with Gasteiger partial charge in [0.15, 0.2) is 0 Å². The van der Waals surface area contributed by atoms with E-state index in [1.54, 1.807) is 0 Å². The molecule has 1 aliphatic carbocycles. The number of amidine groups is 1. The van der Waals surface area contributed by atoms with E-state index < -0.39 is 0 Å². The number of hydrogen-bond donors (Lipinski definition) is 1. The number of aromatic hydroxyl groups is 1. The maximum absolute atomic E-state index is 11.2. The lowest BCUT2D eigenvalue weighted by molar-refractivity contribution is 0.421. The Balaban J connectivity index is 1.20. The van der Waals surface area contributed by atoms with Crippen molar-refractivity contribution in [2.45, 2.75) is 77.3 Å². The number of aromatic nitrogens is 1. The van der Waals surface area contributed by atoms with Gasteiger partial charge in [-0.1, -0.05) is 164 Å². The second-order valence-corrected chi connectivity index (χ2v) is 19.1. The number of ether oxygens (including phenoxy) is 1. The van der Waals surface area contributed by atoms with Gasteiger partial charge in [0.25, 0.3) is 0 Å². The molecular formula is C58H53N3O2. The normalized spacial score (nSPS) is 16.6. The van der Waals surface area contributed by atoms with Gasteiger partial charge in [0, 0.05) is 33.6 Å². The molecule has 0 bridgehead atoms. The molecule has 1 aliphatic heterocycles. The maximum Gasteiger partial charge on any atom is 0.219 e. The molecule has 0 spiro atoms. The predicted molar refractivity (Wildman–Crippen MR) is 260 cm³/mol. The fraction of sp³-hybridized carbons (Fsp3) is 0.207. The Morgan fingerprint density at radius 2 is 1.24 bits per heavy atom. The van der Waals surface area contributed by atoms with Crippen molar-refractivity contribution >= 4 is 22.4 Å². The summed E-state index contributed by atoms with van der Waals surface area (Å²) in [6, 6.07) is 60.1. The van der Waals surface area contributed by atoms with E-state index in [-0.39, 0.29) is 34.6 Å². The van der Waals surface area contributed by atoms with Crippen molar-refractivity contribution in [2.24, 2.45) is 4.99 Å². The lowest BCUT2D eigenvalue weighted by atomic mass is 9.83. The smallest absolute Gasteiger partial charge is 0.219 e. The minimum absolute atomic E-state index is 0.0684. The van der Waals surface area contributed by atoms with Gasteiger partial charge < -0.3 is 14.7 Å².